The van der Waals surface area contributed by atoms with Gasteiger partial charge in [-0.1, -0.05) is 87.4 Å². The molecule has 0 N–H and O–H groups in total. The van der Waals surface area contributed by atoms with E-state index >= 15 is 0 Å². The minimum absolute atomic E-state index is 0.704. The standard InChI is InChI=1S/C26H38O/c1-3-23(25-17-7-5-8-18-25)15-11-13-21-27-22-14-12-16-24(4-2)26-19-9-6-10-20-26/h5-10,17-20,23-24H,3-4,11-16,21-22H2,1-2H3. The molecule has 1 heteroatoms. The molecule has 0 fully saturated rings. The molecule has 0 bridgehead atoms. The molecule has 2 aromatic carbocycles. The molecule has 2 rings (SSSR count). The molecule has 0 radical (unpaired) electrons. The molecule has 148 valence electrons. The first-order valence-electron chi connectivity index (χ1n) is 11.0. The van der Waals surface area contributed by atoms with E-state index in [1.54, 1.807) is 0 Å². The fourth-order valence-electron chi connectivity index (χ4n) is 3.96. The van der Waals surface area contributed by atoms with Crippen molar-refractivity contribution in [3.8, 4) is 0 Å². The summed E-state index contributed by atoms with van der Waals surface area (Å²) in [7, 11) is 0. The summed E-state index contributed by atoms with van der Waals surface area (Å²) >= 11 is 0. The second-order valence-corrected chi connectivity index (χ2v) is 7.64. The van der Waals surface area contributed by atoms with Gasteiger partial charge in [0.15, 0.2) is 0 Å². The Kier molecular flexibility index (Phi) is 10.9. The Balaban J connectivity index is 1.50. The van der Waals surface area contributed by atoms with Crippen LogP contribution in [0, 0.1) is 0 Å². The Bertz CT molecular complexity index is 524. The van der Waals surface area contributed by atoms with Crippen molar-refractivity contribution < 1.29 is 4.74 Å². The molecule has 0 aromatic heterocycles. The maximum absolute atomic E-state index is 5.88. The van der Waals surface area contributed by atoms with Gasteiger partial charge in [0, 0.05) is 13.2 Å². The van der Waals surface area contributed by atoms with Gasteiger partial charge in [-0.3, -0.25) is 0 Å². The number of ether oxygens (including phenoxy) is 1. The molecular weight excluding hydrogens is 328 g/mol. The minimum Gasteiger partial charge on any atom is -0.381 e. The second kappa shape index (κ2) is 13.6. The van der Waals surface area contributed by atoms with Crippen LogP contribution < -0.4 is 0 Å². The van der Waals surface area contributed by atoms with E-state index in [-0.39, 0.29) is 0 Å². The van der Waals surface area contributed by atoms with E-state index in [1.807, 2.05) is 0 Å². The van der Waals surface area contributed by atoms with Gasteiger partial charge in [0.2, 0.25) is 0 Å². The third-order valence-electron chi connectivity index (χ3n) is 5.71. The Hall–Kier alpha value is -1.60. The van der Waals surface area contributed by atoms with Crippen LogP contribution in [-0.2, 0) is 4.74 Å². The topological polar surface area (TPSA) is 9.23 Å². The van der Waals surface area contributed by atoms with Crippen molar-refractivity contribution in [3.63, 3.8) is 0 Å². The van der Waals surface area contributed by atoms with Crippen molar-refractivity contribution in [3.05, 3.63) is 71.8 Å². The van der Waals surface area contributed by atoms with Crippen LogP contribution in [0.2, 0.25) is 0 Å². The summed E-state index contributed by atoms with van der Waals surface area (Å²) in [6.45, 7) is 6.43. The maximum atomic E-state index is 5.88. The van der Waals surface area contributed by atoms with E-state index in [0.29, 0.717) is 11.8 Å². The summed E-state index contributed by atoms with van der Waals surface area (Å²) in [5, 5.41) is 0. The SMILES string of the molecule is CCC(CCCCOCCCCC(CC)c1ccccc1)c1ccccc1. The van der Waals surface area contributed by atoms with Crippen molar-refractivity contribution in [2.45, 2.75) is 77.0 Å². The zero-order chi connectivity index (χ0) is 19.2. The van der Waals surface area contributed by atoms with Crippen LogP contribution in [0.15, 0.2) is 60.7 Å². The van der Waals surface area contributed by atoms with Gasteiger partial charge in [-0.05, 0) is 61.5 Å². The summed E-state index contributed by atoms with van der Waals surface area (Å²) in [6.07, 6.45) is 9.91. The normalized spacial score (nSPS) is 13.4. The zero-order valence-electron chi connectivity index (χ0n) is 17.4. The Morgan fingerprint density at radius 1 is 0.593 bits per heavy atom. The predicted molar refractivity (Wildman–Crippen MR) is 117 cm³/mol. The van der Waals surface area contributed by atoms with Gasteiger partial charge in [0.1, 0.15) is 0 Å². The van der Waals surface area contributed by atoms with Gasteiger partial charge >= 0.3 is 0 Å². The third-order valence-corrected chi connectivity index (χ3v) is 5.71. The smallest absolute Gasteiger partial charge is 0.0466 e. The average molecular weight is 367 g/mol. The number of hydrogen-bond donors (Lipinski definition) is 0. The van der Waals surface area contributed by atoms with Crippen LogP contribution in [0.4, 0.5) is 0 Å². The third kappa shape index (κ3) is 8.30. The molecule has 0 saturated carbocycles. The molecule has 0 aliphatic heterocycles. The number of hydrogen-bond acceptors (Lipinski definition) is 1. The molecule has 0 saturated heterocycles. The van der Waals surface area contributed by atoms with E-state index in [4.69, 9.17) is 4.74 Å². The van der Waals surface area contributed by atoms with Crippen molar-refractivity contribution in [1.29, 1.82) is 0 Å². The first-order chi connectivity index (χ1) is 13.3. The lowest BCUT2D eigenvalue weighted by atomic mass is 9.91. The van der Waals surface area contributed by atoms with Crippen LogP contribution in [0.5, 0.6) is 0 Å². The van der Waals surface area contributed by atoms with Crippen molar-refractivity contribution in [1.82, 2.24) is 0 Å². The lowest BCUT2D eigenvalue weighted by Crippen LogP contribution is -2.02. The highest BCUT2D eigenvalue weighted by atomic mass is 16.5. The number of unbranched alkanes of at least 4 members (excludes halogenated alkanes) is 2. The lowest BCUT2D eigenvalue weighted by molar-refractivity contribution is 0.125. The number of rotatable bonds is 14. The van der Waals surface area contributed by atoms with Crippen LogP contribution in [-0.4, -0.2) is 13.2 Å². The van der Waals surface area contributed by atoms with Crippen LogP contribution in [0.1, 0.15) is 88.2 Å². The average Bonchev–Trinajstić information content (AvgIpc) is 2.73. The monoisotopic (exact) mass is 366 g/mol. The number of benzene rings is 2. The van der Waals surface area contributed by atoms with Gasteiger partial charge in [-0.25, -0.2) is 0 Å². The van der Waals surface area contributed by atoms with E-state index in [1.165, 1.54) is 62.5 Å². The fourth-order valence-corrected chi connectivity index (χ4v) is 3.96. The fraction of sp³-hybridized carbons (Fsp3) is 0.538. The van der Waals surface area contributed by atoms with E-state index in [9.17, 15) is 0 Å². The van der Waals surface area contributed by atoms with Gasteiger partial charge < -0.3 is 4.74 Å². The Labute approximate surface area is 167 Å². The summed E-state index contributed by atoms with van der Waals surface area (Å²) in [5.41, 5.74) is 2.98. The van der Waals surface area contributed by atoms with Crippen molar-refractivity contribution in [2.24, 2.45) is 0 Å². The quantitative estimate of drug-likeness (QED) is 0.311. The van der Waals surface area contributed by atoms with E-state index < -0.39 is 0 Å². The van der Waals surface area contributed by atoms with Gasteiger partial charge in [0.25, 0.3) is 0 Å². The molecule has 0 spiro atoms. The largest absolute Gasteiger partial charge is 0.381 e. The Morgan fingerprint density at radius 2 is 1.00 bits per heavy atom. The van der Waals surface area contributed by atoms with Crippen LogP contribution in [0.25, 0.3) is 0 Å². The Morgan fingerprint density at radius 3 is 1.37 bits per heavy atom. The highest BCUT2D eigenvalue weighted by Gasteiger charge is 2.09. The highest BCUT2D eigenvalue weighted by molar-refractivity contribution is 5.19. The summed E-state index contributed by atoms with van der Waals surface area (Å²) < 4.78 is 5.88. The molecule has 0 aliphatic carbocycles. The molecule has 2 aromatic rings. The highest BCUT2D eigenvalue weighted by Crippen LogP contribution is 2.26. The molecule has 1 nitrogen and oxygen atoms in total. The van der Waals surface area contributed by atoms with Crippen LogP contribution >= 0.6 is 0 Å². The molecule has 2 atom stereocenters. The molecular formula is C26H38O. The predicted octanol–water partition coefficient (Wildman–Crippen LogP) is 7.73. The first kappa shape index (κ1) is 21.7. The van der Waals surface area contributed by atoms with Gasteiger partial charge in [-0.15, -0.1) is 0 Å². The molecule has 0 amide bonds. The van der Waals surface area contributed by atoms with E-state index in [0.717, 1.165) is 13.2 Å². The summed E-state index contributed by atoms with van der Waals surface area (Å²) in [6, 6.07) is 21.9. The molecule has 0 heterocycles. The van der Waals surface area contributed by atoms with Crippen molar-refractivity contribution in [2.75, 3.05) is 13.2 Å². The van der Waals surface area contributed by atoms with Crippen LogP contribution in [0.3, 0.4) is 0 Å². The minimum atomic E-state index is 0.704. The molecule has 0 aliphatic rings. The molecule has 2 unspecified atom stereocenters. The van der Waals surface area contributed by atoms with Crippen molar-refractivity contribution >= 4 is 0 Å². The summed E-state index contributed by atoms with van der Waals surface area (Å²) in [4.78, 5) is 0. The maximum Gasteiger partial charge on any atom is 0.0466 e. The second-order valence-electron chi connectivity index (χ2n) is 7.64. The summed E-state index contributed by atoms with van der Waals surface area (Å²) in [5.74, 6) is 1.41. The van der Waals surface area contributed by atoms with Gasteiger partial charge in [-0.2, -0.15) is 0 Å². The lowest BCUT2D eigenvalue weighted by Gasteiger charge is -2.16. The molecule has 27 heavy (non-hydrogen) atoms. The first-order valence-corrected chi connectivity index (χ1v) is 11.0. The van der Waals surface area contributed by atoms with Gasteiger partial charge in [0.05, 0.1) is 0 Å². The zero-order valence-corrected chi connectivity index (χ0v) is 17.4. The van der Waals surface area contributed by atoms with E-state index in [2.05, 4.69) is 74.5 Å².